The highest BCUT2D eigenvalue weighted by molar-refractivity contribution is 5.51. The van der Waals surface area contributed by atoms with E-state index in [1.165, 1.54) is 13.2 Å². The molecule has 19 heavy (non-hydrogen) atoms. The number of nitrogens with two attached hydrogens (primary N) is 1. The maximum atomic E-state index is 13.4. The van der Waals surface area contributed by atoms with Gasteiger partial charge in [0.2, 0.25) is 0 Å². The highest BCUT2D eigenvalue weighted by Crippen LogP contribution is 2.43. The van der Waals surface area contributed by atoms with Gasteiger partial charge in [-0.1, -0.05) is 13.8 Å². The molecule has 3 N–H and O–H groups in total. The molecule has 0 heterocycles. The van der Waals surface area contributed by atoms with Crippen LogP contribution in [0.25, 0.3) is 0 Å². The Morgan fingerprint density at radius 2 is 2.16 bits per heavy atom. The summed E-state index contributed by atoms with van der Waals surface area (Å²) in [4.78, 5) is 0. The van der Waals surface area contributed by atoms with Gasteiger partial charge >= 0.3 is 0 Å². The molecule has 1 aromatic carbocycles. The van der Waals surface area contributed by atoms with Gasteiger partial charge in [0.1, 0.15) is 0 Å². The first-order chi connectivity index (χ1) is 8.99. The predicted molar refractivity (Wildman–Crippen MR) is 75.9 cm³/mol. The minimum atomic E-state index is -0.344. The zero-order valence-electron chi connectivity index (χ0n) is 11.9. The summed E-state index contributed by atoms with van der Waals surface area (Å²) in [5.41, 5.74) is 6.73. The highest BCUT2D eigenvalue weighted by atomic mass is 19.1. The van der Waals surface area contributed by atoms with Crippen LogP contribution in [0.15, 0.2) is 18.2 Å². The van der Waals surface area contributed by atoms with Crippen molar-refractivity contribution in [1.29, 1.82) is 0 Å². The van der Waals surface area contributed by atoms with Gasteiger partial charge in [0.25, 0.3) is 0 Å². The van der Waals surface area contributed by atoms with E-state index in [0.717, 1.165) is 24.4 Å². The Balaban J connectivity index is 2.08. The molecule has 1 fully saturated rings. The fraction of sp³-hybridized carbons (Fsp3) is 0.600. The summed E-state index contributed by atoms with van der Waals surface area (Å²) < 4.78 is 18.4. The number of anilines is 1. The van der Waals surface area contributed by atoms with Crippen LogP contribution in [0, 0.1) is 17.7 Å². The van der Waals surface area contributed by atoms with Crippen LogP contribution in [0.1, 0.15) is 26.7 Å². The summed E-state index contributed by atoms with van der Waals surface area (Å²) >= 11 is 0. The number of rotatable bonds is 5. The molecule has 3 nitrogen and oxygen atoms in total. The van der Waals surface area contributed by atoms with Crippen molar-refractivity contribution in [3.05, 3.63) is 24.0 Å². The van der Waals surface area contributed by atoms with Crippen LogP contribution < -0.4 is 15.8 Å². The van der Waals surface area contributed by atoms with Gasteiger partial charge in [-0.3, -0.25) is 0 Å². The van der Waals surface area contributed by atoms with Gasteiger partial charge in [-0.2, -0.15) is 0 Å². The third-order valence-electron chi connectivity index (χ3n) is 4.20. The van der Waals surface area contributed by atoms with Gasteiger partial charge in [-0.15, -0.1) is 0 Å². The van der Waals surface area contributed by atoms with Crippen LogP contribution in [0.4, 0.5) is 10.1 Å². The SMILES string of the molecule is COc1cc(NC2(CN)CC(C(C)C)C2)ccc1F. The van der Waals surface area contributed by atoms with E-state index >= 15 is 0 Å². The molecule has 0 aliphatic heterocycles. The van der Waals surface area contributed by atoms with Crippen molar-refractivity contribution in [3.8, 4) is 5.75 Å². The molecule has 0 atom stereocenters. The van der Waals surface area contributed by atoms with Crippen molar-refractivity contribution in [3.63, 3.8) is 0 Å². The third kappa shape index (κ3) is 2.84. The largest absolute Gasteiger partial charge is 0.494 e. The van der Waals surface area contributed by atoms with Crippen LogP contribution in [0.3, 0.4) is 0 Å². The van der Waals surface area contributed by atoms with E-state index in [2.05, 4.69) is 19.2 Å². The molecule has 0 amide bonds. The molecular formula is C15H23FN2O. The molecule has 1 aliphatic carbocycles. The van der Waals surface area contributed by atoms with Gasteiger partial charge in [0, 0.05) is 18.3 Å². The van der Waals surface area contributed by atoms with E-state index in [4.69, 9.17) is 10.5 Å². The van der Waals surface area contributed by atoms with E-state index in [9.17, 15) is 4.39 Å². The first kappa shape index (κ1) is 14.1. The maximum Gasteiger partial charge on any atom is 0.165 e. The Hall–Kier alpha value is -1.29. The lowest BCUT2D eigenvalue weighted by atomic mass is 9.64. The van der Waals surface area contributed by atoms with Crippen molar-refractivity contribution in [2.75, 3.05) is 19.0 Å². The fourth-order valence-corrected chi connectivity index (χ4v) is 2.78. The summed E-state index contributed by atoms with van der Waals surface area (Å²) in [6.45, 7) is 5.08. The van der Waals surface area contributed by atoms with Crippen LogP contribution in [0.5, 0.6) is 5.75 Å². The molecule has 0 radical (unpaired) electrons. The summed E-state index contributed by atoms with van der Waals surface area (Å²) in [6, 6.07) is 4.84. The minimum absolute atomic E-state index is 0.0439. The van der Waals surface area contributed by atoms with Gasteiger partial charge in [0.05, 0.1) is 12.6 Å². The van der Waals surface area contributed by atoms with Crippen LogP contribution in [0.2, 0.25) is 0 Å². The van der Waals surface area contributed by atoms with Crippen LogP contribution in [-0.4, -0.2) is 19.2 Å². The molecule has 1 aromatic rings. The molecular weight excluding hydrogens is 243 g/mol. The zero-order valence-corrected chi connectivity index (χ0v) is 11.9. The zero-order chi connectivity index (χ0) is 14.0. The van der Waals surface area contributed by atoms with E-state index in [0.29, 0.717) is 12.5 Å². The van der Waals surface area contributed by atoms with Crippen molar-refractivity contribution < 1.29 is 9.13 Å². The predicted octanol–water partition coefficient (Wildman–Crippen LogP) is 3.01. The molecule has 0 spiro atoms. The molecule has 0 aromatic heterocycles. The standard InChI is InChI=1S/C15H23FN2O/c1-10(2)11-7-15(8-11,9-17)18-12-4-5-13(16)14(6-12)19-3/h4-6,10-11,18H,7-9,17H2,1-3H3. The molecule has 1 aliphatic rings. The van der Waals surface area contributed by atoms with Crippen molar-refractivity contribution in [2.24, 2.45) is 17.6 Å². The van der Waals surface area contributed by atoms with Gasteiger partial charge in [-0.05, 0) is 36.8 Å². The molecule has 4 heteroatoms. The monoisotopic (exact) mass is 266 g/mol. The smallest absolute Gasteiger partial charge is 0.165 e. The Kier molecular flexibility index (Phi) is 3.99. The van der Waals surface area contributed by atoms with Crippen molar-refractivity contribution in [2.45, 2.75) is 32.2 Å². The minimum Gasteiger partial charge on any atom is -0.494 e. The molecule has 0 bridgehead atoms. The number of halogens is 1. The summed E-state index contributed by atoms with van der Waals surface area (Å²) in [7, 11) is 1.47. The molecule has 0 saturated heterocycles. The topological polar surface area (TPSA) is 47.3 Å². The second kappa shape index (κ2) is 5.37. The van der Waals surface area contributed by atoms with Gasteiger partial charge in [0.15, 0.2) is 11.6 Å². The number of hydrogen-bond acceptors (Lipinski definition) is 3. The van der Waals surface area contributed by atoms with Gasteiger partial charge < -0.3 is 15.8 Å². The average Bonchev–Trinajstić information content (AvgIpc) is 2.35. The average molecular weight is 266 g/mol. The summed E-state index contributed by atoms with van der Waals surface area (Å²) in [5, 5.41) is 3.46. The molecule has 2 rings (SSSR count). The second-order valence-electron chi connectivity index (χ2n) is 5.87. The Bertz CT molecular complexity index is 442. The van der Waals surface area contributed by atoms with Crippen LogP contribution in [-0.2, 0) is 0 Å². The van der Waals surface area contributed by atoms with Crippen molar-refractivity contribution >= 4 is 5.69 Å². The number of hydrogen-bond donors (Lipinski definition) is 2. The fourth-order valence-electron chi connectivity index (χ4n) is 2.78. The maximum absolute atomic E-state index is 13.4. The molecule has 106 valence electrons. The van der Waals surface area contributed by atoms with E-state index < -0.39 is 0 Å². The van der Waals surface area contributed by atoms with E-state index in [-0.39, 0.29) is 17.1 Å². The quantitative estimate of drug-likeness (QED) is 0.861. The van der Waals surface area contributed by atoms with Gasteiger partial charge in [-0.25, -0.2) is 4.39 Å². The lowest BCUT2D eigenvalue weighted by Gasteiger charge is -2.50. The Morgan fingerprint density at radius 1 is 1.47 bits per heavy atom. The Morgan fingerprint density at radius 3 is 2.68 bits per heavy atom. The molecule has 0 unspecified atom stereocenters. The first-order valence-corrected chi connectivity index (χ1v) is 6.81. The summed E-state index contributed by atoms with van der Waals surface area (Å²) in [6.07, 6.45) is 2.14. The normalized spacial score (nSPS) is 26.1. The lowest BCUT2D eigenvalue weighted by Crippen LogP contribution is -2.56. The van der Waals surface area contributed by atoms with Crippen molar-refractivity contribution in [1.82, 2.24) is 0 Å². The number of benzene rings is 1. The molecule has 1 saturated carbocycles. The van der Waals surface area contributed by atoms with E-state index in [1.54, 1.807) is 12.1 Å². The number of nitrogens with one attached hydrogen (secondary N) is 1. The second-order valence-corrected chi connectivity index (χ2v) is 5.87. The lowest BCUT2D eigenvalue weighted by molar-refractivity contribution is 0.130. The highest BCUT2D eigenvalue weighted by Gasteiger charge is 2.44. The van der Waals surface area contributed by atoms with E-state index in [1.807, 2.05) is 0 Å². The number of ether oxygens (including phenoxy) is 1. The number of methoxy groups -OCH3 is 1. The summed E-state index contributed by atoms with van der Waals surface area (Å²) in [5.74, 6) is 1.32. The Labute approximate surface area is 114 Å². The first-order valence-electron chi connectivity index (χ1n) is 6.81. The van der Waals surface area contributed by atoms with Crippen LogP contribution >= 0.6 is 0 Å². The third-order valence-corrected chi connectivity index (χ3v) is 4.20.